The van der Waals surface area contributed by atoms with Gasteiger partial charge in [-0.25, -0.2) is 4.79 Å². The third-order valence-electron chi connectivity index (χ3n) is 1.33. The van der Waals surface area contributed by atoms with Crippen molar-refractivity contribution in [2.75, 3.05) is 0 Å². The van der Waals surface area contributed by atoms with Gasteiger partial charge < -0.3 is 5.11 Å². The number of aryl methyl sites for hydroxylation is 1. The minimum absolute atomic E-state index is 0.500. The van der Waals surface area contributed by atoms with Gasteiger partial charge in [0.15, 0.2) is 0 Å². The van der Waals surface area contributed by atoms with Crippen LogP contribution < -0.4 is 0 Å². The van der Waals surface area contributed by atoms with E-state index in [1.165, 1.54) is 0 Å². The fourth-order valence-corrected chi connectivity index (χ4v) is 0.826. The predicted octanol–water partition coefficient (Wildman–Crippen LogP) is 0.832. The van der Waals surface area contributed by atoms with E-state index in [9.17, 15) is 4.79 Å². The zero-order valence-electron chi connectivity index (χ0n) is 6.77. The summed E-state index contributed by atoms with van der Waals surface area (Å²) in [7, 11) is 0. The largest absolute Gasteiger partial charge is 0.478 e. The molecule has 0 saturated heterocycles. The molecule has 0 saturated carbocycles. The van der Waals surface area contributed by atoms with E-state index in [2.05, 4.69) is 5.10 Å². The number of allylic oxidation sites excluding steroid dienone is 1. The Hall–Kier alpha value is -1.58. The molecule has 4 heteroatoms. The highest BCUT2D eigenvalue weighted by Gasteiger charge is 1.90. The molecule has 1 rings (SSSR count). The Kier molecular flexibility index (Phi) is 2.63. The summed E-state index contributed by atoms with van der Waals surface area (Å²) in [5.41, 5.74) is 0.929. The second kappa shape index (κ2) is 3.71. The summed E-state index contributed by atoms with van der Waals surface area (Å²) >= 11 is 0. The average molecular weight is 166 g/mol. The van der Waals surface area contributed by atoms with Crippen LogP contribution in [0.25, 0.3) is 0 Å². The number of carbonyl (C=O) groups is 1. The van der Waals surface area contributed by atoms with Gasteiger partial charge in [-0.3, -0.25) is 4.68 Å². The number of rotatable bonds is 3. The summed E-state index contributed by atoms with van der Waals surface area (Å²) in [5.74, 6) is -0.932. The van der Waals surface area contributed by atoms with Gasteiger partial charge in [-0.1, -0.05) is 6.08 Å². The van der Waals surface area contributed by atoms with Gasteiger partial charge in [0.1, 0.15) is 0 Å². The number of carboxylic acids is 1. The van der Waals surface area contributed by atoms with Crippen molar-refractivity contribution in [3.8, 4) is 0 Å². The van der Waals surface area contributed by atoms with Crippen molar-refractivity contribution in [1.82, 2.24) is 9.78 Å². The quantitative estimate of drug-likeness (QED) is 0.677. The molecule has 0 fully saturated rings. The Morgan fingerprint density at radius 3 is 3.08 bits per heavy atom. The maximum absolute atomic E-state index is 10.1. The van der Waals surface area contributed by atoms with Gasteiger partial charge in [-0.2, -0.15) is 5.10 Å². The molecule has 0 unspecified atom stereocenters. The maximum atomic E-state index is 10.1. The van der Waals surface area contributed by atoms with Gasteiger partial charge >= 0.3 is 5.97 Å². The second-order valence-corrected chi connectivity index (χ2v) is 2.42. The van der Waals surface area contributed by atoms with Crippen molar-refractivity contribution in [3.05, 3.63) is 30.1 Å². The zero-order chi connectivity index (χ0) is 8.97. The normalized spacial score (nSPS) is 10.8. The van der Waals surface area contributed by atoms with Crippen molar-refractivity contribution in [2.24, 2.45) is 0 Å². The van der Waals surface area contributed by atoms with Crippen LogP contribution in [0.2, 0.25) is 0 Å². The second-order valence-electron chi connectivity index (χ2n) is 2.42. The van der Waals surface area contributed by atoms with E-state index >= 15 is 0 Å². The van der Waals surface area contributed by atoms with Crippen LogP contribution in [0.5, 0.6) is 0 Å². The predicted molar refractivity (Wildman–Crippen MR) is 43.7 cm³/mol. The van der Waals surface area contributed by atoms with Crippen LogP contribution in [0, 0.1) is 6.92 Å². The Balaban J connectivity index is 2.48. The molecule has 0 aromatic carbocycles. The minimum atomic E-state index is -0.932. The summed E-state index contributed by atoms with van der Waals surface area (Å²) < 4.78 is 1.68. The highest BCUT2D eigenvalue weighted by molar-refractivity contribution is 5.79. The topological polar surface area (TPSA) is 55.1 Å². The maximum Gasteiger partial charge on any atom is 0.328 e. The van der Waals surface area contributed by atoms with Crippen LogP contribution in [0.4, 0.5) is 0 Å². The molecule has 1 aromatic rings. The molecule has 0 radical (unpaired) electrons. The Labute approximate surface area is 70.1 Å². The molecule has 0 spiro atoms. The number of hydrogen-bond donors (Lipinski definition) is 1. The van der Waals surface area contributed by atoms with Crippen LogP contribution in [-0.2, 0) is 11.3 Å². The molecule has 0 aliphatic rings. The fraction of sp³-hybridized carbons (Fsp3) is 0.250. The lowest BCUT2D eigenvalue weighted by atomic mass is 10.5. The van der Waals surface area contributed by atoms with Crippen LogP contribution in [0.3, 0.4) is 0 Å². The Morgan fingerprint density at radius 1 is 1.83 bits per heavy atom. The first-order chi connectivity index (χ1) is 5.68. The first kappa shape index (κ1) is 8.52. The molecule has 0 amide bonds. The van der Waals surface area contributed by atoms with E-state index in [1.807, 2.05) is 19.2 Å². The molecule has 0 aliphatic carbocycles. The molecule has 0 aliphatic heterocycles. The van der Waals surface area contributed by atoms with Gasteiger partial charge in [-0.05, 0) is 13.0 Å². The van der Waals surface area contributed by atoms with Gasteiger partial charge in [-0.15, -0.1) is 0 Å². The number of aromatic nitrogens is 2. The van der Waals surface area contributed by atoms with Gasteiger partial charge in [0, 0.05) is 12.3 Å². The fourth-order valence-electron chi connectivity index (χ4n) is 0.826. The monoisotopic (exact) mass is 166 g/mol. The first-order valence-corrected chi connectivity index (χ1v) is 3.58. The van der Waals surface area contributed by atoms with Crippen molar-refractivity contribution in [2.45, 2.75) is 13.5 Å². The number of carboxylic acid groups (broad SMARTS) is 1. The summed E-state index contributed by atoms with van der Waals surface area (Å²) in [4.78, 5) is 10.1. The third-order valence-corrected chi connectivity index (χ3v) is 1.33. The van der Waals surface area contributed by atoms with Crippen molar-refractivity contribution < 1.29 is 9.90 Å². The standard InChI is InChI=1S/C8H10N2O2/c1-7-4-6-10(9-7)5-2-3-8(11)12/h2-4,6H,5H2,1H3,(H,11,12)/b3-2+. The van der Waals surface area contributed by atoms with Crippen molar-refractivity contribution >= 4 is 5.97 Å². The number of nitrogens with zero attached hydrogens (tertiary/aromatic N) is 2. The third kappa shape index (κ3) is 2.57. The van der Waals surface area contributed by atoms with Gasteiger partial charge in [0.25, 0.3) is 0 Å². The SMILES string of the molecule is Cc1ccn(C/C=C/C(=O)O)n1. The van der Waals surface area contributed by atoms with Crippen LogP contribution >= 0.6 is 0 Å². The molecule has 1 aromatic heterocycles. The van der Waals surface area contributed by atoms with Gasteiger partial charge in [0.2, 0.25) is 0 Å². The zero-order valence-corrected chi connectivity index (χ0v) is 6.77. The molecule has 1 heterocycles. The Bertz CT molecular complexity index is 302. The highest BCUT2D eigenvalue weighted by Crippen LogP contribution is 1.92. The van der Waals surface area contributed by atoms with Crippen LogP contribution in [0.15, 0.2) is 24.4 Å². The van der Waals surface area contributed by atoms with E-state index in [1.54, 1.807) is 10.8 Å². The molecular weight excluding hydrogens is 156 g/mol. The molecule has 1 N–H and O–H groups in total. The van der Waals surface area contributed by atoms with E-state index < -0.39 is 5.97 Å². The molecule has 0 bridgehead atoms. The van der Waals surface area contributed by atoms with Crippen molar-refractivity contribution in [3.63, 3.8) is 0 Å². The smallest absolute Gasteiger partial charge is 0.328 e. The van der Waals surface area contributed by atoms with E-state index in [-0.39, 0.29) is 0 Å². The summed E-state index contributed by atoms with van der Waals surface area (Å²) in [6.45, 7) is 2.39. The van der Waals surface area contributed by atoms with E-state index in [0.717, 1.165) is 11.8 Å². The summed E-state index contributed by atoms with van der Waals surface area (Å²) in [6.07, 6.45) is 4.47. The van der Waals surface area contributed by atoms with Crippen LogP contribution in [0.1, 0.15) is 5.69 Å². The molecule has 0 atom stereocenters. The van der Waals surface area contributed by atoms with Gasteiger partial charge in [0.05, 0.1) is 12.2 Å². The lowest BCUT2D eigenvalue weighted by Crippen LogP contribution is -1.96. The molecule has 64 valence electrons. The van der Waals surface area contributed by atoms with Crippen LogP contribution in [-0.4, -0.2) is 20.9 Å². The molecular formula is C8H10N2O2. The lowest BCUT2D eigenvalue weighted by Gasteiger charge is -1.92. The average Bonchev–Trinajstić information content (AvgIpc) is 2.35. The molecule has 12 heavy (non-hydrogen) atoms. The minimum Gasteiger partial charge on any atom is -0.478 e. The summed E-state index contributed by atoms with van der Waals surface area (Å²) in [5, 5.41) is 12.4. The van der Waals surface area contributed by atoms with E-state index in [4.69, 9.17) is 5.11 Å². The first-order valence-electron chi connectivity index (χ1n) is 3.58. The highest BCUT2D eigenvalue weighted by atomic mass is 16.4. The number of hydrogen-bond acceptors (Lipinski definition) is 2. The molecule has 4 nitrogen and oxygen atoms in total. The van der Waals surface area contributed by atoms with Crippen molar-refractivity contribution in [1.29, 1.82) is 0 Å². The summed E-state index contributed by atoms with van der Waals surface area (Å²) in [6, 6.07) is 1.87. The number of aliphatic carboxylic acids is 1. The Morgan fingerprint density at radius 2 is 2.58 bits per heavy atom. The van der Waals surface area contributed by atoms with E-state index in [0.29, 0.717) is 6.54 Å². The lowest BCUT2D eigenvalue weighted by molar-refractivity contribution is -0.131.